The van der Waals surface area contributed by atoms with Crippen LogP contribution in [0.25, 0.3) is 0 Å². The predicted molar refractivity (Wildman–Crippen MR) is 51.3 cm³/mol. The quantitative estimate of drug-likeness (QED) is 0.751. The van der Waals surface area contributed by atoms with Crippen molar-refractivity contribution in [1.82, 2.24) is 10.2 Å². The van der Waals surface area contributed by atoms with E-state index in [1.54, 1.807) is 0 Å². The topological polar surface area (TPSA) is 32.3 Å². The van der Waals surface area contributed by atoms with Crippen LogP contribution >= 0.6 is 0 Å². The molecule has 1 aliphatic heterocycles. The number of carbonyl (C=O) groups is 1. The van der Waals surface area contributed by atoms with Crippen molar-refractivity contribution in [2.24, 2.45) is 11.8 Å². The number of carbonyl (C=O) groups excluding carboxylic acids is 1. The number of nitrogens with one attached hydrogen (secondary N) is 1. The van der Waals surface area contributed by atoms with Gasteiger partial charge in [0, 0.05) is 37.1 Å². The molecule has 1 radical (unpaired) electrons. The first-order valence-corrected chi connectivity index (χ1v) is 5.15. The molecule has 2 aliphatic rings. The summed E-state index contributed by atoms with van der Waals surface area (Å²) < 4.78 is 0. The van der Waals surface area contributed by atoms with Crippen LogP contribution in [-0.4, -0.2) is 37.0 Å². The molecule has 0 spiro atoms. The van der Waals surface area contributed by atoms with Crippen molar-refractivity contribution in [3.05, 3.63) is 0 Å². The van der Waals surface area contributed by atoms with Crippen molar-refractivity contribution in [3.63, 3.8) is 0 Å². The molecule has 4 heteroatoms. The number of likely N-dealkylation sites (tertiary alicyclic amines) is 1. The van der Waals surface area contributed by atoms with E-state index in [9.17, 15) is 4.79 Å². The molecule has 0 aromatic carbocycles. The summed E-state index contributed by atoms with van der Waals surface area (Å²) in [6, 6.07) is 0.408. The minimum atomic E-state index is 0. The van der Waals surface area contributed by atoms with Crippen LogP contribution in [0.15, 0.2) is 0 Å². The summed E-state index contributed by atoms with van der Waals surface area (Å²) in [5, 5.41) is 3.12. The Bertz CT molecular complexity index is 222. The van der Waals surface area contributed by atoms with E-state index in [1.807, 2.05) is 0 Å². The summed E-state index contributed by atoms with van der Waals surface area (Å²) in [5.74, 6) is 1.23. The monoisotopic (exact) mass is 233 g/mol. The Morgan fingerprint density at radius 3 is 2.57 bits per heavy atom. The molecule has 14 heavy (non-hydrogen) atoms. The van der Waals surface area contributed by atoms with Gasteiger partial charge in [-0.15, -0.1) is 0 Å². The van der Waals surface area contributed by atoms with Gasteiger partial charge in [0.15, 0.2) is 0 Å². The predicted octanol–water partition coefficient (Wildman–Crippen LogP) is 0.460. The number of amides is 1. The van der Waals surface area contributed by atoms with Crippen LogP contribution in [-0.2, 0) is 23.4 Å². The van der Waals surface area contributed by atoms with E-state index >= 15 is 0 Å². The van der Waals surface area contributed by atoms with E-state index in [1.165, 1.54) is 0 Å². The fraction of sp³-hybridized carbons (Fsp3) is 0.900. The van der Waals surface area contributed by atoms with E-state index < -0.39 is 0 Å². The van der Waals surface area contributed by atoms with E-state index in [2.05, 4.69) is 24.2 Å². The van der Waals surface area contributed by atoms with Crippen LogP contribution in [0.3, 0.4) is 0 Å². The summed E-state index contributed by atoms with van der Waals surface area (Å²) in [6.45, 7) is 4.28. The minimum Gasteiger partial charge on any atom is -0.352 e. The molecule has 1 saturated heterocycles. The van der Waals surface area contributed by atoms with Gasteiger partial charge in [0.2, 0.25) is 5.91 Å². The fourth-order valence-electron chi connectivity index (χ4n) is 2.05. The van der Waals surface area contributed by atoms with Gasteiger partial charge in [0.1, 0.15) is 0 Å². The first-order chi connectivity index (χ1) is 6.16. The number of hydrogen-bond acceptors (Lipinski definition) is 2. The first kappa shape index (κ1) is 12.1. The molecule has 3 unspecified atom stereocenters. The summed E-state index contributed by atoms with van der Waals surface area (Å²) in [6.07, 6.45) is 2.21. The van der Waals surface area contributed by atoms with Crippen molar-refractivity contribution in [2.75, 3.05) is 20.1 Å². The Morgan fingerprint density at radius 2 is 2.14 bits per heavy atom. The zero-order valence-corrected chi connectivity index (χ0v) is 10.3. The molecular weight excluding hydrogens is 215 g/mol. The maximum Gasteiger partial charge on any atom is 0.223 e. The van der Waals surface area contributed by atoms with Gasteiger partial charge in [-0.1, -0.05) is 6.92 Å². The summed E-state index contributed by atoms with van der Waals surface area (Å²) in [5.41, 5.74) is 0. The zero-order valence-electron chi connectivity index (χ0n) is 8.86. The number of rotatable bonds is 2. The average molecular weight is 233 g/mol. The molecule has 0 bridgehead atoms. The minimum absolute atomic E-state index is 0. The molecule has 3 nitrogen and oxygen atoms in total. The molecule has 0 aromatic heterocycles. The van der Waals surface area contributed by atoms with Gasteiger partial charge in [-0.3, -0.25) is 4.79 Å². The summed E-state index contributed by atoms with van der Waals surface area (Å²) >= 11 is 0. The maximum absolute atomic E-state index is 11.5. The number of likely N-dealkylation sites (N-methyl/N-ethyl adjacent to an activating group) is 1. The van der Waals surface area contributed by atoms with Gasteiger partial charge < -0.3 is 10.2 Å². The van der Waals surface area contributed by atoms with Gasteiger partial charge in [-0.25, -0.2) is 0 Å². The van der Waals surface area contributed by atoms with Crippen LogP contribution in [0, 0.1) is 11.8 Å². The standard InChI is InChI=1S/C10H18N2O.V/c1-7-5-9(7)10(13)11-8-3-4-12(2)6-8;/h7-9H,3-6H2,1-2H3,(H,11,13);. The Labute approximate surface area is 97.5 Å². The SMILES string of the molecule is CC1CC1C(=O)NC1CCN(C)C1.[V]. The second kappa shape index (κ2) is 4.69. The van der Waals surface area contributed by atoms with Crippen molar-refractivity contribution in [2.45, 2.75) is 25.8 Å². The molecule has 1 N–H and O–H groups in total. The molecule has 2 rings (SSSR count). The third-order valence-electron chi connectivity index (χ3n) is 3.18. The first-order valence-electron chi connectivity index (χ1n) is 5.15. The van der Waals surface area contributed by atoms with Crippen LogP contribution < -0.4 is 5.32 Å². The maximum atomic E-state index is 11.5. The van der Waals surface area contributed by atoms with Crippen LogP contribution in [0.4, 0.5) is 0 Å². The zero-order chi connectivity index (χ0) is 9.42. The molecule has 0 aromatic rings. The van der Waals surface area contributed by atoms with Crippen LogP contribution in [0.2, 0.25) is 0 Å². The smallest absolute Gasteiger partial charge is 0.223 e. The van der Waals surface area contributed by atoms with Gasteiger partial charge in [-0.05, 0) is 32.4 Å². The Balaban J connectivity index is 0.000000980. The second-order valence-electron chi connectivity index (χ2n) is 4.58. The van der Waals surface area contributed by atoms with Crippen molar-refractivity contribution < 1.29 is 23.4 Å². The van der Waals surface area contributed by atoms with Crippen LogP contribution in [0.1, 0.15) is 19.8 Å². The van der Waals surface area contributed by atoms with Gasteiger partial charge in [-0.2, -0.15) is 0 Å². The number of nitrogens with zero attached hydrogens (tertiary/aromatic N) is 1. The molecule has 1 heterocycles. The fourth-order valence-corrected chi connectivity index (χ4v) is 2.05. The van der Waals surface area contributed by atoms with E-state index in [4.69, 9.17) is 0 Å². The molecular formula is C10H18N2OV. The molecule has 1 aliphatic carbocycles. The molecule has 1 saturated carbocycles. The van der Waals surface area contributed by atoms with Gasteiger partial charge >= 0.3 is 0 Å². The Kier molecular flexibility index (Phi) is 4.05. The molecule has 2 fully saturated rings. The van der Waals surface area contributed by atoms with Crippen molar-refractivity contribution in [1.29, 1.82) is 0 Å². The molecule has 79 valence electrons. The average Bonchev–Trinajstić information content (AvgIpc) is 2.66. The third-order valence-corrected chi connectivity index (χ3v) is 3.18. The number of hydrogen-bond donors (Lipinski definition) is 1. The summed E-state index contributed by atoms with van der Waals surface area (Å²) in [7, 11) is 2.10. The Hall–Kier alpha value is 0.0144. The van der Waals surface area contributed by atoms with Gasteiger partial charge in [0.25, 0.3) is 0 Å². The molecule has 1 amide bonds. The molecule has 3 atom stereocenters. The van der Waals surface area contributed by atoms with E-state index in [0.29, 0.717) is 17.9 Å². The second-order valence-corrected chi connectivity index (χ2v) is 4.58. The van der Waals surface area contributed by atoms with E-state index in [0.717, 1.165) is 25.9 Å². The third kappa shape index (κ3) is 2.75. The summed E-state index contributed by atoms with van der Waals surface area (Å²) in [4.78, 5) is 13.8. The van der Waals surface area contributed by atoms with Crippen molar-refractivity contribution in [3.8, 4) is 0 Å². The normalized spacial score (nSPS) is 36.3. The largest absolute Gasteiger partial charge is 0.352 e. The van der Waals surface area contributed by atoms with E-state index in [-0.39, 0.29) is 24.5 Å². The van der Waals surface area contributed by atoms with Crippen molar-refractivity contribution >= 4 is 5.91 Å². The van der Waals surface area contributed by atoms with Gasteiger partial charge in [0.05, 0.1) is 0 Å². The Morgan fingerprint density at radius 1 is 1.50 bits per heavy atom. The van der Waals surface area contributed by atoms with Crippen LogP contribution in [0.5, 0.6) is 0 Å².